The van der Waals surface area contributed by atoms with Crippen molar-refractivity contribution in [1.82, 2.24) is 14.7 Å². The maximum atomic E-state index is 14.9. The number of benzene rings is 3. The van der Waals surface area contributed by atoms with Crippen LogP contribution in [-0.4, -0.2) is 47.5 Å². The fourth-order valence-corrected chi connectivity index (χ4v) is 5.45. The fraction of sp³-hybridized carbons (Fsp3) is 0.345. The van der Waals surface area contributed by atoms with Crippen molar-refractivity contribution in [2.45, 2.75) is 44.2 Å². The van der Waals surface area contributed by atoms with E-state index in [1.54, 1.807) is 23.3 Å². The predicted octanol–water partition coefficient (Wildman–Crippen LogP) is 7.01. The minimum Gasteiger partial charge on any atom is -0.369 e. The zero-order valence-electron chi connectivity index (χ0n) is 20.9. The highest BCUT2D eigenvalue weighted by molar-refractivity contribution is 6.36. The quantitative estimate of drug-likeness (QED) is 0.156. The molecule has 4 aromatic rings. The summed E-state index contributed by atoms with van der Waals surface area (Å²) in [7, 11) is 3.76. The highest BCUT2D eigenvalue weighted by Crippen LogP contribution is 2.48. The monoisotopic (exact) mass is 518 g/mol. The molecule has 1 aliphatic carbocycles. The van der Waals surface area contributed by atoms with Gasteiger partial charge in [-0.25, -0.2) is 14.1 Å². The molecule has 1 saturated heterocycles. The molecule has 8 heteroatoms. The van der Waals surface area contributed by atoms with Gasteiger partial charge in [-0.3, -0.25) is 4.79 Å². The molecule has 0 amide bonds. The molecule has 1 aromatic heterocycles. The van der Waals surface area contributed by atoms with Gasteiger partial charge in [0.15, 0.2) is 11.6 Å². The van der Waals surface area contributed by atoms with E-state index in [9.17, 15) is 9.18 Å². The molecule has 1 atom stereocenters. The lowest BCUT2D eigenvalue weighted by molar-refractivity contribution is -0.0391. The summed E-state index contributed by atoms with van der Waals surface area (Å²) in [4.78, 5) is 20.8. The number of fused-ring (bicyclic) bond motifs is 2. The van der Waals surface area contributed by atoms with Gasteiger partial charge in [0.2, 0.25) is 0 Å². The van der Waals surface area contributed by atoms with Crippen molar-refractivity contribution in [3.63, 3.8) is 0 Å². The summed E-state index contributed by atoms with van der Waals surface area (Å²) in [5, 5.41) is 7.39. The van der Waals surface area contributed by atoms with E-state index in [2.05, 4.69) is 5.10 Å². The first-order valence-corrected chi connectivity index (χ1v) is 13.1. The van der Waals surface area contributed by atoms with Crippen molar-refractivity contribution in [2.24, 2.45) is 4.99 Å². The Morgan fingerprint density at radius 2 is 2.00 bits per heavy atom. The third-order valence-corrected chi connectivity index (χ3v) is 7.45. The van der Waals surface area contributed by atoms with E-state index >= 15 is 0 Å². The van der Waals surface area contributed by atoms with E-state index in [4.69, 9.17) is 21.3 Å². The number of hydrogen-bond acceptors (Lipinski definition) is 4. The number of carbonyl (C=O) groups excluding carboxylic acids is 1. The fourth-order valence-electron chi connectivity index (χ4n) is 5.17. The molecule has 1 aliphatic heterocycles. The summed E-state index contributed by atoms with van der Waals surface area (Å²) in [5.41, 5.74) is 2.66. The summed E-state index contributed by atoms with van der Waals surface area (Å²) in [6.45, 7) is 0.645. The first kappa shape index (κ1) is 24.1. The first-order valence-electron chi connectivity index (χ1n) is 12.7. The van der Waals surface area contributed by atoms with E-state index in [1.807, 2.05) is 43.3 Å². The standard InChI is InChI=1S/C29H28ClFN4O2/c1-34(2)16-32-27-19-6-5-7-23(30)26(19)20(17-9-10-17)14-21(27)29(36)18-11-12-24(31)28-22(18)15-35(33-28)25-8-3-4-13-37-25/h5-7,11-12,14-17,25H,3-4,8-10,13H2,1-2H3. The zero-order valence-corrected chi connectivity index (χ0v) is 21.6. The first-order chi connectivity index (χ1) is 17.9. The second-order valence-electron chi connectivity index (χ2n) is 10.1. The minimum absolute atomic E-state index is 0.171. The maximum absolute atomic E-state index is 14.9. The number of carbonyl (C=O) groups is 1. The van der Waals surface area contributed by atoms with Gasteiger partial charge in [-0.05, 0) is 67.9 Å². The lowest BCUT2D eigenvalue weighted by Gasteiger charge is -2.22. The van der Waals surface area contributed by atoms with Crippen LogP contribution in [0.4, 0.5) is 10.1 Å². The Kier molecular flexibility index (Phi) is 6.21. The minimum atomic E-state index is -0.462. The van der Waals surface area contributed by atoms with Crippen molar-refractivity contribution in [3.8, 4) is 0 Å². The Morgan fingerprint density at radius 3 is 2.73 bits per heavy atom. The van der Waals surface area contributed by atoms with Gasteiger partial charge < -0.3 is 9.64 Å². The van der Waals surface area contributed by atoms with Gasteiger partial charge >= 0.3 is 0 Å². The molecule has 6 nitrogen and oxygen atoms in total. The predicted molar refractivity (Wildman–Crippen MR) is 145 cm³/mol. The summed E-state index contributed by atoms with van der Waals surface area (Å²) in [6, 6.07) is 10.5. The summed E-state index contributed by atoms with van der Waals surface area (Å²) in [6.07, 6.45) is 8.11. The van der Waals surface area contributed by atoms with E-state index in [0.717, 1.165) is 48.4 Å². The maximum Gasteiger partial charge on any atom is 0.195 e. The third kappa shape index (κ3) is 4.40. The van der Waals surface area contributed by atoms with Crippen molar-refractivity contribution >= 4 is 51.1 Å². The summed E-state index contributed by atoms with van der Waals surface area (Å²) < 4.78 is 22.4. The molecule has 0 N–H and O–H groups in total. The van der Waals surface area contributed by atoms with Gasteiger partial charge in [0, 0.05) is 59.2 Å². The van der Waals surface area contributed by atoms with Gasteiger partial charge in [-0.15, -0.1) is 0 Å². The number of rotatable bonds is 6. The van der Waals surface area contributed by atoms with E-state index in [0.29, 0.717) is 39.7 Å². The smallest absolute Gasteiger partial charge is 0.195 e. The number of hydrogen-bond donors (Lipinski definition) is 0. The number of aliphatic imine (C=N–C) groups is 1. The highest BCUT2D eigenvalue weighted by Gasteiger charge is 2.30. The SMILES string of the molecule is CN(C)C=Nc1c(C(=O)c2ccc(F)c3nn(C4CCCCO4)cc23)cc(C2CC2)c2c(Cl)cccc12. The molecule has 1 saturated carbocycles. The molecule has 190 valence electrons. The normalized spacial score (nSPS) is 18.2. The number of ketones is 1. The zero-order chi connectivity index (χ0) is 25.7. The van der Waals surface area contributed by atoms with Crippen molar-refractivity contribution < 1.29 is 13.9 Å². The molecule has 3 aromatic carbocycles. The molecular formula is C29H28ClFN4O2. The average molecular weight is 519 g/mol. The van der Waals surface area contributed by atoms with Crippen LogP contribution in [0.2, 0.25) is 5.02 Å². The van der Waals surface area contributed by atoms with Crippen molar-refractivity contribution in [2.75, 3.05) is 20.7 Å². The molecule has 2 heterocycles. The number of halogens is 2. The number of ether oxygens (including phenoxy) is 1. The van der Waals surface area contributed by atoms with Gasteiger partial charge in [-0.2, -0.15) is 5.10 Å². The second-order valence-corrected chi connectivity index (χ2v) is 10.5. The van der Waals surface area contributed by atoms with Crippen LogP contribution in [0.5, 0.6) is 0 Å². The molecule has 2 aliphatic rings. The average Bonchev–Trinajstić information content (AvgIpc) is 3.65. The molecular weight excluding hydrogens is 491 g/mol. The Labute approximate surface area is 219 Å². The molecule has 2 fully saturated rings. The van der Waals surface area contributed by atoms with Crippen LogP contribution >= 0.6 is 11.6 Å². The van der Waals surface area contributed by atoms with Crippen molar-refractivity contribution in [1.29, 1.82) is 0 Å². The summed E-state index contributed by atoms with van der Waals surface area (Å²) in [5.74, 6) is -0.319. The van der Waals surface area contributed by atoms with Crippen LogP contribution in [0.25, 0.3) is 21.7 Å². The number of aromatic nitrogens is 2. The Bertz CT molecular complexity index is 1550. The lowest BCUT2D eigenvalue weighted by Crippen LogP contribution is -2.18. The topological polar surface area (TPSA) is 59.7 Å². The second kappa shape index (κ2) is 9.54. The van der Waals surface area contributed by atoms with Gasteiger partial charge in [0.1, 0.15) is 11.7 Å². The van der Waals surface area contributed by atoms with Crippen LogP contribution in [-0.2, 0) is 4.74 Å². The van der Waals surface area contributed by atoms with Crippen LogP contribution in [0.3, 0.4) is 0 Å². The molecule has 37 heavy (non-hydrogen) atoms. The molecule has 6 rings (SSSR count). The molecule has 0 spiro atoms. The largest absolute Gasteiger partial charge is 0.369 e. The van der Waals surface area contributed by atoms with Crippen LogP contribution in [0.1, 0.15) is 65.7 Å². The molecule has 0 radical (unpaired) electrons. The third-order valence-electron chi connectivity index (χ3n) is 7.13. The summed E-state index contributed by atoms with van der Waals surface area (Å²) >= 11 is 6.68. The Morgan fingerprint density at radius 1 is 1.16 bits per heavy atom. The molecule has 0 bridgehead atoms. The Hall–Kier alpha value is -3.29. The lowest BCUT2D eigenvalue weighted by atomic mass is 9.91. The van der Waals surface area contributed by atoms with E-state index in [-0.39, 0.29) is 17.5 Å². The number of nitrogens with zero attached hydrogens (tertiary/aromatic N) is 4. The highest BCUT2D eigenvalue weighted by atomic mass is 35.5. The van der Waals surface area contributed by atoms with E-state index in [1.165, 1.54) is 6.07 Å². The Balaban J connectivity index is 1.55. The van der Waals surface area contributed by atoms with E-state index < -0.39 is 5.82 Å². The van der Waals surface area contributed by atoms with Crippen LogP contribution in [0.15, 0.2) is 47.6 Å². The van der Waals surface area contributed by atoms with Gasteiger partial charge in [-0.1, -0.05) is 23.7 Å². The van der Waals surface area contributed by atoms with Gasteiger partial charge in [0.25, 0.3) is 0 Å². The van der Waals surface area contributed by atoms with Crippen LogP contribution < -0.4 is 0 Å². The molecule has 1 unspecified atom stereocenters. The van der Waals surface area contributed by atoms with Gasteiger partial charge in [0.05, 0.1) is 12.0 Å². The van der Waals surface area contributed by atoms with Crippen molar-refractivity contribution in [3.05, 3.63) is 70.1 Å². The van der Waals surface area contributed by atoms with Crippen LogP contribution in [0, 0.1) is 5.82 Å².